The van der Waals surface area contributed by atoms with Gasteiger partial charge in [0.15, 0.2) is 5.78 Å². The van der Waals surface area contributed by atoms with Crippen molar-refractivity contribution in [3.05, 3.63) is 83.4 Å². The number of carbonyl (C=O) groups excluding carboxylic acids is 3. The van der Waals surface area contributed by atoms with Gasteiger partial charge in [-0.1, -0.05) is 30.3 Å². The van der Waals surface area contributed by atoms with Gasteiger partial charge in [0.2, 0.25) is 5.91 Å². The van der Waals surface area contributed by atoms with E-state index in [2.05, 4.69) is 5.32 Å². The van der Waals surface area contributed by atoms with Crippen LogP contribution in [0.1, 0.15) is 26.3 Å². The number of anilines is 1. The molecule has 0 bridgehead atoms. The van der Waals surface area contributed by atoms with Gasteiger partial charge in [-0.2, -0.15) is 0 Å². The number of carbonyl (C=O) groups is 3. The third kappa shape index (κ3) is 3.55. The monoisotopic (exact) mass is 400 g/mol. The number of rotatable bonds is 5. The van der Waals surface area contributed by atoms with Gasteiger partial charge in [-0.05, 0) is 47.5 Å². The molecule has 4 rings (SSSR count). The summed E-state index contributed by atoms with van der Waals surface area (Å²) in [6, 6.07) is 19.4. The van der Waals surface area contributed by atoms with Crippen molar-refractivity contribution in [3.63, 3.8) is 0 Å². The van der Waals surface area contributed by atoms with Crippen LogP contribution in [0.2, 0.25) is 0 Å². The van der Waals surface area contributed by atoms with Crippen LogP contribution >= 0.6 is 0 Å². The summed E-state index contributed by atoms with van der Waals surface area (Å²) in [7, 11) is 3.12. The van der Waals surface area contributed by atoms with Gasteiger partial charge in [-0.25, -0.2) is 0 Å². The standard InChI is InChI=1S/C24H20N2O4/c1-26(14-22(27)25-16-8-10-17(30-2)11-9-16)24(29)15-7-12-19-18-5-3-4-6-20(18)23(28)21(19)13-15/h3-13H,14H2,1-2H3,(H,25,27). The Hall–Kier alpha value is -3.93. The predicted molar refractivity (Wildman–Crippen MR) is 114 cm³/mol. The summed E-state index contributed by atoms with van der Waals surface area (Å²) in [5.41, 5.74) is 3.84. The zero-order valence-electron chi connectivity index (χ0n) is 16.6. The highest BCUT2D eigenvalue weighted by molar-refractivity contribution is 6.22. The minimum atomic E-state index is -0.327. The molecule has 3 aromatic rings. The maximum atomic E-state index is 12.8. The molecule has 30 heavy (non-hydrogen) atoms. The van der Waals surface area contributed by atoms with E-state index in [-0.39, 0.29) is 24.1 Å². The molecule has 0 aromatic heterocycles. The molecule has 0 fully saturated rings. The highest BCUT2D eigenvalue weighted by atomic mass is 16.5. The smallest absolute Gasteiger partial charge is 0.254 e. The van der Waals surface area contributed by atoms with Crippen molar-refractivity contribution in [1.29, 1.82) is 0 Å². The molecule has 1 aliphatic carbocycles. The number of nitrogens with zero attached hydrogens (tertiary/aromatic N) is 1. The Bertz CT molecular complexity index is 1150. The van der Waals surface area contributed by atoms with E-state index >= 15 is 0 Å². The Morgan fingerprint density at radius 1 is 0.900 bits per heavy atom. The molecule has 0 unspecified atom stereocenters. The minimum absolute atomic E-state index is 0.0878. The largest absolute Gasteiger partial charge is 0.497 e. The lowest BCUT2D eigenvalue weighted by molar-refractivity contribution is -0.116. The van der Waals surface area contributed by atoms with Crippen LogP contribution in [0.4, 0.5) is 5.69 Å². The number of likely N-dealkylation sites (N-methyl/N-ethyl adjacent to an activating group) is 1. The highest BCUT2D eigenvalue weighted by Crippen LogP contribution is 2.36. The van der Waals surface area contributed by atoms with Crippen molar-refractivity contribution >= 4 is 23.3 Å². The van der Waals surface area contributed by atoms with E-state index in [9.17, 15) is 14.4 Å². The molecule has 150 valence electrons. The third-order valence-corrected chi connectivity index (χ3v) is 5.07. The maximum Gasteiger partial charge on any atom is 0.254 e. The summed E-state index contributed by atoms with van der Waals surface area (Å²) in [6.45, 7) is -0.115. The maximum absolute atomic E-state index is 12.8. The average molecular weight is 400 g/mol. The first-order valence-corrected chi connectivity index (χ1v) is 9.45. The van der Waals surface area contributed by atoms with Crippen LogP contribution in [0.5, 0.6) is 5.75 Å². The van der Waals surface area contributed by atoms with Crippen LogP contribution in [0.25, 0.3) is 11.1 Å². The summed E-state index contributed by atoms with van der Waals surface area (Å²) >= 11 is 0. The normalized spacial score (nSPS) is 11.5. The van der Waals surface area contributed by atoms with E-state index in [0.717, 1.165) is 11.1 Å². The third-order valence-electron chi connectivity index (χ3n) is 5.07. The molecule has 0 saturated carbocycles. The van der Waals surface area contributed by atoms with E-state index in [1.165, 1.54) is 4.90 Å². The van der Waals surface area contributed by atoms with Gasteiger partial charge < -0.3 is 15.0 Å². The van der Waals surface area contributed by atoms with Gasteiger partial charge >= 0.3 is 0 Å². The summed E-state index contributed by atoms with van der Waals surface area (Å²) in [5.74, 6) is -0.0455. The van der Waals surface area contributed by atoms with Gasteiger partial charge in [0.05, 0.1) is 13.7 Å². The molecule has 3 aromatic carbocycles. The number of amides is 2. The predicted octanol–water partition coefficient (Wildman–Crippen LogP) is 3.62. The molecular formula is C24H20N2O4. The molecule has 6 heteroatoms. The van der Waals surface area contributed by atoms with Gasteiger partial charge in [-0.3, -0.25) is 14.4 Å². The molecule has 2 amide bonds. The Morgan fingerprint density at radius 2 is 1.57 bits per heavy atom. The molecule has 1 aliphatic rings. The summed E-state index contributed by atoms with van der Waals surface area (Å²) < 4.78 is 5.09. The highest BCUT2D eigenvalue weighted by Gasteiger charge is 2.27. The number of hydrogen-bond acceptors (Lipinski definition) is 4. The van der Waals surface area contributed by atoms with Crippen LogP contribution in [-0.4, -0.2) is 43.2 Å². The quantitative estimate of drug-likeness (QED) is 0.555. The number of fused-ring (bicyclic) bond motifs is 3. The number of ketones is 1. The number of benzene rings is 3. The second-order valence-corrected chi connectivity index (χ2v) is 7.07. The average Bonchev–Trinajstić information content (AvgIpc) is 3.05. The van der Waals surface area contributed by atoms with E-state index in [4.69, 9.17) is 4.74 Å². The Kier molecular flexibility index (Phi) is 5.06. The van der Waals surface area contributed by atoms with Gasteiger partial charge in [-0.15, -0.1) is 0 Å². The van der Waals surface area contributed by atoms with Crippen molar-refractivity contribution in [2.75, 3.05) is 26.0 Å². The lowest BCUT2D eigenvalue weighted by Crippen LogP contribution is -2.35. The van der Waals surface area contributed by atoms with Crippen molar-refractivity contribution in [1.82, 2.24) is 4.90 Å². The summed E-state index contributed by atoms with van der Waals surface area (Å²) in [6.07, 6.45) is 0. The fourth-order valence-corrected chi connectivity index (χ4v) is 3.54. The number of ether oxygens (including phenoxy) is 1. The van der Waals surface area contributed by atoms with Crippen LogP contribution in [0, 0.1) is 0 Å². The lowest BCUT2D eigenvalue weighted by atomic mass is 10.0. The summed E-state index contributed by atoms with van der Waals surface area (Å²) in [4.78, 5) is 39.1. The van der Waals surface area contributed by atoms with Gasteiger partial charge in [0, 0.05) is 29.4 Å². The molecule has 0 spiro atoms. The van der Waals surface area contributed by atoms with Crippen molar-refractivity contribution in [2.45, 2.75) is 0 Å². The molecular weight excluding hydrogens is 380 g/mol. The van der Waals surface area contributed by atoms with E-state index in [1.54, 1.807) is 62.7 Å². The first-order valence-electron chi connectivity index (χ1n) is 9.45. The zero-order valence-corrected chi connectivity index (χ0v) is 16.6. The zero-order chi connectivity index (χ0) is 21.3. The first kappa shape index (κ1) is 19.4. The van der Waals surface area contributed by atoms with E-state index < -0.39 is 0 Å². The second-order valence-electron chi connectivity index (χ2n) is 7.07. The van der Waals surface area contributed by atoms with Gasteiger partial charge in [0.1, 0.15) is 5.75 Å². The Morgan fingerprint density at radius 3 is 2.27 bits per heavy atom. The SMILES string of the molecule is COc1ccc(NC(=O)CN(C)C(=O)c2ccc3c(c2)C(=O)c2ccccc2-3)cc1. The van der Waals surface area contributed by atoms with Crippen LogP contribution in [0.15, 0.2) is 66.7 Å². The van der Waals surface area contributed by atoms with E-state index in [0.29, 0.717) is 28.1 Å². The second kappa shape index (κ2) is 7.83. The molecule has 6 nitrogen and oxygen atoms in total. The van der Waals surface area contributed by atoms with E-state index in [1.807, 2.05) is 18.2 Å². The molecule has 0 heterocycles. The topological polar surface area (TPSA) is 75.7 Å². The fourth-order valence-electron chi connectivity index (χ4n) is 3.54. The number of nitrogens with one attached hydrogen (secondary N) is 1. The number of methoxy groups -OCH3 is 1. The van der Waals surface area contributed by atoms with Crippen LogP contribution < -0.4 is 10.1 Å². The van der Waals surface area contributed by atoms with Crippen molar-refractivity contribution < 1.29 is 19.1 Å². The van der Waals surface area contributed by atoms with Crippen molar-refractivity contribution in [2.24, 2.45) is 0 Å². The first-order chi connectivity index (χ1) is 14.5. The summed E-state index contributed by atoms with van der Waals surface area (Å²) in [5, 5.41) is 2.75. The molecule has 0 radical (unpaired) electrons. The number of hydrogen-bond donors (Lipinski definition) is 1. The molecule has 1 N–H and O–H groups in total. The van der Waals surface area contributed by atoms with Crippen LogP contribution in [0.3, 0.4) is 0 Å². The lowest BCUT2D eigenvalue weighted by Gasteiger charge is -2.17. The van der Waals surface area contributed by atoms with Crippen molar-refractivity contribution in [3.8, 4) is 16.9 Å². The molecule has 0 aliphatic heterocycles. The van der Waals surface area contributed by atoms with Crippen LogP contribution in [-0.2, 0) is 4.79 Å². The molecule has 0 atom stereocenters. The Labute approximate surface area is 174 Å². The Balaban J connectivity index is 1.45. The van der Waals surface area contributed by atoms with Gasteiger partial charge in [0.25, 0.3) is 5.91 Å². The molecule has 0 saturated heterocycles. The fraction of sp³-hybridized carbons (Fsp3) is 0.125. The minimum Gasteiger partial charge on any atom is -0.497 e.